The van der Waals surface area contributed by atoms with Gasteiger partial charge in [-0.05, 0) is 108 Å². The number of alkyl halides is 1. The second-order valence-electron chi connectivity index (χ2n) is 11.7. The van der Waals surface area contributed by atoms with E-state index in [1.807, 2.05) is 18.2 Å². The van der Waals surface area contributed by atoms with E-state index < -0.39 is 0 Å². The van der Waals surface area contributed by atoms with Gasteiger partial charge in [0, 0.05) is 42.1 Å². The van der Waals surface area contributed by atoms with Crippen LogP contribution in [0.15, 0.2) is 60.7 Å². The normalized spacial score (nSPS) is 19.0. The van der Waals surface area contributed by atoms with Gasteiger partial charge < -0.3 is 10.1 Å². The van der Waals surface area contributed by atoms with Crippen LogP contribution in [0.3, 0.4) is 0 Å². The predicted molar refractivity (Wildman–Crippen MR) is 169 cm³/mol. The van der Waals surface area contributed by atoms with Crippen molar-refractivity contribution in [3.8, 4) is 5.75 Å². The Kier molecular flexibility index (Phi) is 9.18. The first kappa shape index (κ1) is 29.2. The maximum Gasteiger partial charge on any atom is 0.223 e. The minimum Gasteiger partial charge on any atom is -0.489 e. The molecule has 1 amide bonds. The number of fused-ring (bicyclic) bond motifs is 1. The second kappa shape index (κ2) is 13.2. The molecule has 0 bridgehead atoms. The zero-order valence-corrected chi connectivity index (χ0v) is 25.3. The van der Waals surface area contributed by atoms with Crippen LogP contribution in [0.4, 0.5) is 4.39 Å². The highest BCUT2D eigenvalue weighted by Crippen LogP contribution is 2.43. The molecule has 0 unspecified atom stereocenters. The van der Waals surface area contributed by atoms with E-state index in [2.05, 4.69) is 52.7 Å². The summed E-state index contributed by atoms with van der Waals surface area (Å²) in [5.41, 5.74) is 8.09. The number of carbonyl (C=O) groups is 1. The van der Waals surface area contributed by atoms with E-state index >= 15 is 0 Å². The molecule has 1 saturated heterocycles. The van der Waals surface area contributed by atoms with Gasteiger partial charge in [0.25, 0.3) is 0 Å². The van der Waals surface area contributed by atoms with Crippen LogP contribution in [0, 0.1) is 5.92 Å². The molecule has 1 N–H and O–H groups in total. The molecule has 3 aliphatic rings. The Balaban J connectivity index is 1.30. The molecule has 2 fully saturated rings. The third-order valence-electron chi connectivity index (χ3n) is 8.57. The standard InChI is InChI=1S/C35H37Cl2FN2O2/c36-27-10-14-31(33(37)20-27)32-4-1-3-26-19-23(21-39-35(41)25-6-7-25)5-13-30(26)34(32)24-8-11-28(12-9-24)42-29-15-18-40(22-29)17-2-16-38/h5,8-14,19-20,25,29H,1-4,6-7,15-18,21-22H2,(H,39,41)/t29-/m1/s1. The van der Waals surface area contributed by atoms with Crippen molar-refractivity contribution in [2.45, 2.75) is 57.6 Å². The molecular weight excluding hydrogens is 570 g/mol. The number of rotatable bonds is 10. The minimum absolute atomic E-state index is 0.121. The molecule has 3 aromatic carbocycles. The first-order valence-corrected chi connectivity index (χ1v) is 15.9. The van der Waals surface area contributed by atoms with Crippen molar-refractivity contribution < 1.29 is 13.9 Å². The number of carbonyl (C=O) groups excluding carboxylic acids is 1. The molecular formula is C35H37Cl2FN2O2. The quantitative estimate of drug-likeness (QED) is 0.253. The van der Waals surface area contributed by atoms with Crippen molar-refractivity contribution in [1.29, 1.82) is 0 Å². The summed E-state index contributed by atoms with van der Waals surface area (Å²) in [6.45, 7) is 2.85. The molecule has 7 heteroatoms. The van der Waals surface area contributed by atoms with E-state index in [1.54, 1.807) is 0 Å². The van der Waals surface area contributed by atoms with E-state index in [-0.39, 0.29) is 24.6 Å². The molecule has 2 aliphatic carbocycles. The van der Waals surface area contributed by atoms with Crippen molar-refractivity contribution in [2.75, 3.05) is 26.3 Å². The molecule has 1 aliphatic heterocycles. The van der Waals surface area contributed by atoms with Gasteiger partial charge >= 0.3 is 0 Å². The summed E-state index contributed by atoms with van der Waals surface area (Å²) in [5.74, 6) is 1.21. The first-order chi connectivity index (χ1) is 20.5. The number of amides is 1. The smallest absolute Gasteiger partial charge is 0.223 e. The summed E-state index contributed by atoms with van der Waals surface area (Å²) < 4.78 is 18.9. The van der Waals surface area contributed by atoms with Crippen molar-refractivity contribution in [3.63, 3.8) is 0 Å². The zero-order valence-electron chi connectivity index (χ0n) is 23.8. The summed E-state index contributed by atoms with van der Waals surface area (Å²) >= 11 is 13.1. The molecule has 3 aromatic rings. The Hall–Kier alpha value is -2.86. The molecule has 1 atom stereocenters. The number of ether oxygens (including phenoxy) is 1. The maximum absolute atomic E-state index is 12.6. The van der Waals surface area contributed by atoms with Crippen molar-refractivity contribution in [3.05, 3.63) is 98.5 Å². The molecule has 1 saturated carbocycles. The van der Waals surface area contributed by atoms with Crippen LogP contribution in [0.1, 0.15) is 66.3 Å². The predicted octanol–water partition coefficient (Wildman–Crippen LogP) is 8.13. The molecule has 1 heterocycles. The zero-order chi connectivity index (χ0) is 29.1. The van der Waals surface area contributed by atoms with E-state index in [0.29, 0.717) is 23.0 Å². The van der Waals surface area contributed by atoms with E-state index in [1.165, 1.54) is 22.3 Å². The Bertz CT molecular complexity index is 1470. The van der Waals surface area contributed by atoms with Crippen molar-refractivity contribution in [2.24, 2.45) is 5.92 Å². The Morgan fingerprint density at radius 2 is 1.79 bits per heavy atom. The van der Waals surface area contributed by atoms with Crippen LogP contribution >= 0.6 is 23.2 Å². The van der Waals surface area contributed by atoms with Crippen molar-refractivity contribution >= 4 is 40.3 Å². The third-order valence-corrected chi connectivity index (χ3v) is 9.12. The number of hydrogen-bond acceptors (Lipinski definition) is 3. The first-order valence-electron chi connectivity index (χ1n) is 15.1. The second-order valence-corrected chi connectivity index (χ2v) is 12.6. The van der Waals surface area contributed by atoms with E-state index in [4.69, 9.17) is 27.9 Å². The Morgan fingerprint density at radius 3 is 2.55 bits per heavy atom. The van der Waals surface area contributed by atoms with Gasteiger partial charge in [0.1, 0.15) is 11.9 Å². The summed E-state index contributed by atoms with van der Waals surface area (Å²) in [5, 5.41) is 4.38. The summed E-state index contributed by atoms with van der Waals surface area (Å²) in [7, 11) is 0. The van der Waals surface area contributed by atoms with Gasteiger partial charge in [-0.25, -0.2) is 0 Å². The monoisotopic (exact) mass is 606 g/mol. The van der Waals surface area contributed by atoms with Gasteiger partial charge in [0.05, 0.1) is 6.67 Å². The van der Waals surface area contributed by atoms with Crippen LogP contribution in [0.25, 0.3) is 11.1 Å². The fourth-order valence-corrected chi connectivity index (χ4v) is 6.76. The van der Waals surface area contributed by atoms with Gasteiger partial charge in [-0.1, -0.05) is 59.6 Å². The molecule has 4 nitrogen and oxygen atoms in total. The average Bonchev–Trinajstić information content (AvgIpc) is 3.78. The number of likely N-dealkylation sites (tertiary alicyclic amines) is 1. The SMILES string of the molecule is O=C(NCc1ccc2c(c1)CCCC(c1ccc(Cl)cc1Cl)=C2c1ccc(O[C@@H]2CCN(CCCF)C2)cc1)C1CC1. The summed E-state index contributed by atoms with van der Waals surface area (Å²) in [6, 6.07) is 20.7. The topological polar surface area (TPSA) is 41.6 Å². The van der Waals surface area contributed by atoms with Crippen LogP contribution in [0.5, 0.6) is 5.75 Å². The molecule has 0 spiro atoms. The highest BCUT2D eigenvalue weighted by atomic mass is 35.5. The number of halogens is 3. The van der Waals surface area contributed by atoms with Gasteiger partial charge in [-0.3, -0.25) is 14.1 Å². The van der Waals surface area contributed by atoms with Crippen LogP contribution < -0.4 is 10.1 Å². The highest BCUT2D eigenvalue weighted by Gasteiger charge is 2.29. The van der Waals surface area contributed by atoms with Gasteiger partial charge in [-0.15, -0.1) is 0 Å². The van der Waals surface area contributed by atoms with Crippen LogP contribution in [0.2, 0.25) is 10.0 Å². The van der Waals surface area contributed by atoms with Gasteiger partial charge in [-0.2, -0.15) is 0 Å². The fraction of sp³-hybridized carbons (Fsp3) is 0.400. The molecule has 42 heavy (non-hydrogen) atoms. The number of benzene rings is 3. The van der Waals surface area contributed by atoms with Gasteiger partial charge in [0.15, 0.2) is 0 Å². The van der Waals surface area contributed by atoms with E-state index in [0.717, 1.165) is 80.6 Å². The third kappa shape index (κ3) is 6.85. The average molecular weight is 608 g/mol. The largest absolute Gasteiger partial charge is 0.489 e. The molecule has 0 aromatic heterocycles. The molecule has 6 rings (SSSR count). The lowest BCUT2D eigenvalue weighted by molar-refractivity contribution is -0.122. The fourth-order valence-electron chi connectivity index (χ4n) is 6.24. The number of nitrogens with one attached hydrogen (secondary N) is 1. The minimum atomic E-state index is -0.274. The molecule has 0 radical (unpaired) electrons. The van der Waals surface area contributed by atoms with Crippen LogP contribution in [-0.2, 0) is 17.8 Å². The van der Waals surface area contributed by atoms with Crippen LogP contribution in [-0.4, -0.2) is 43.2 Å². The lowest BCUT2D eigenvalue weighted by Gasteiger charge is -2.19. The number of hydrogen-bond donors (Lipinski definition) is 1. The number of aryl methyl sites for hydroxylation is 1. The lowest BCUT2D eigenvalue weighted by atomic mass is 9.87. The Morgan fingerprint density at radius 1 is 0.976 bits per heavy atom. The summed E-state index contributed by atoms with van der Waals surface area (Å²) in [4.78, 5) is 14.5. The van der Waals surface area contributed by atoms with Crippen molar-refractivity contribution in [1.82, 2.24) is 10.2 Å². The van der Waals surface area contributed by atoms with E-state index in [9.17, 15) is 9.18 Å². The molecule has 220 valence electrons. The Labute approximate surface area is 257 Å². The maximum atomic E-state index is 12.6. The lowest BCUT2D eigenvalue weighted by Crippen LogP contribution is -2.26. The summed E-state index contributed by atoms with van der Waals surface area (Å²) in [6.07, 6.45) is 6.48. The highest BCUT2D eigenvalue weighted by molar-refractivity contribution is 6.36. The van der Waals surface area contributed by atoms with Gasteiger partial charge in [0.2, 0.25) is 5.91 Å². The number of nitrogens with zero attached hydrogens (tertiary/aromatic N) is 1. The number of allylic oxidation sites excluding steroid dienone is 1.